The number of hydrogen-bond acceptors (Lipinski definition) is 10. The Labute approximate surface area is 196 Å². The molecule has 34 heavy (non-hydrogen) atoms. The number of benzene rings is 3. The predicted molar refractivity (Wildman–Crippen MR) is 120 cm³/mol. The van der Waals surface area contributed by atoms with E-state index in [0.717, 1.165) is 40.9 Å². The average molecular weight is 484 g/mol. The highest BCUT2D eigenvalue weighted by Gasteiger charge is 2.18. The lowest BCUT2D eigenvalue weighted by Crippen LogP contribution is -2.14. The van der Waals surface area contributed by atoms with Gasteiger partial charge in [0.2, 0.25) is 0 Å². The Morgan fingerprint density at radius 2 is 1.44 bits per heavy atom. The van der Waals surface area contributed by atoms with Crippen LogP contribution >= 0.6 is 11.8 Å². The topological polar surface area (TPSA) is 148 Å². The van der Waals surface area contributed by atoms with Crippen LogP contribution in [0.2, 0.25) is 0 Å². The Hall–Kier alpha value is -4.45. The van der Waals surface area contributed by atoms with E-state index in [2.05, 4.69) is 0 Å². The molecule has 0 radical (unpaired) electrons. The van der Waals surface area contributed by atoms with E-state index in [0.29, 0.717) is 5.56 Å². The van der Waals surface area contributed by atoms with Gasteiger partial charge >= 0.3 is 6.16 Å². The molecule has 0 N–H and O–H groups in total. The van der Waals surface area contributed by atoms with Crippen LogP contribution in [0.5, 0.6) is 17.2 Å². The quantitative estimate of drug-likeness (QED) is 0.136. The maximum Gasteiger partial charge on any atom is 0.519 e. The number of nitro benzene ring substituents is 2. The van der Waals surface area contributed by atoms with Gasteiger partial charge in [-0.1, -0.05) is 23.9 Å². The molecular formula is C22H16N2O9S. The molecule has 0 amide bonds. The Morgan fingerprint density at radius 3 is 2.03 bits per heavy atom. The zero-order valence-corrected chi connectivity index (χ0v) is 18.4. The number of thioether (sulfide) groups is 1. The maximum atomic E-state index is 12.2. The average Bonchev–Trinajstić information content (AvgIpc) is 2.79. The number of nitro groups is 2. The van der Waals surface area contributed by atoms with E-state index in [1.54, 1.807) is 24.3 Å². The summed E-state index contributed by atoms with van der Waals surface area (Å²) in [5.41, 5.74) is 0.248. The Morgan fingerprint density at radius 1 is 0.824 bits per heavy atom. The normalized spacial score (nSPS) is 10.3. The molecule has 174 valence electrons. The second-order valence-corrected chi connectivity index (χ2v) is 7.87. The molecule has 3 rings (SSSR count). The lowest BCUT2D eigenvalue weighted by molar-refractivity contribution is -0.385. The summed E-state index contributed by atoms with van der Waals surface area (Å²) in [4.78, 5) is 44.7. The fraction of sp³-hybridized carbons (Fsp3) is 0.0909. The summed E-state index contributed by atoms with van der Waals surface area (Å²) in [6.45, 7) is 1.46. The largest absolute Gasteiger partial charge is 0.519 e. The highest BCUT2D eigenvalue weighted by Crippen LogP contribution is 2.33. The molecule has 0 unspecified atom stereocenters. The van der Waals surface area contributed by atoms with Crippen molar-refractivity contribution in [1.82, 2.24) is 0 Å². The SMILES string of the molecule is CC(=O)Sc1ccc(COc2cc([N+](=O)[O-])ccc2OC(=O)Oc2ccc([N+](=O)[O-])cc2)cc1. The van der Waals surface area contributed by atoms with Gasteiger partial charge in [-0.05, 0) is 35.9 Å². The van der Waals surface area contributed by atoms with Gasteiger partial charge in [-0.3, -0.25) is 25.0 Å². The third-order valence-electron chi connectivity index (χ3n) is 4.16. The summed E-state index contributed by atoms with van der Waals surface area (Å²) in [6, 6.07) is 15.1. The number of ether oxygens (including phenoxy) is 3. The first kappa shape index (κ1) is 24.2. The smallest absolute Gasteiger partial charge is 0.485 e. The number of carbonyl (C=O) groups excluding carboxylic acids is 2. The highest BCUT2D eigenvalue weighted by atomic mass is 32.2. The van der Waals surface area contributed by atoms with Gasteiger partial charge in [0.1, 0.15) is 12.4 Å². The van der Waals surface area contributed by atoms with Crippen LogP contribution in [0.1, 0.15) is 12.5 Å². The molecule has 0 aliphatic carbocycles. The number of non-ortho nitro benzene ring substituents is 2. The number of hydrogen-bond donors (Lipinski definition) is 0. The summed E-state index contributed by atoms with van der Waals surface area (Å²) in [5.74, 6) is -0.193. The van der Waals surface area contributed by atoms with Crippen molar-refractivity contribution in [2.75, 3.05) is 0 Å². The first-order chi connectivity index (χ1) is 16.2. The van der Waals surface area contributed by atoms with Gasteiger partial charge in [0.15, 0.2) is 16.6 Å². The molecule has 0 saturated heterocycles. The van der Waals surface area contributed by atoms with Gasteiger partial charge in [-0.15, -0.1) is 0 Å². The van der Waals surface area contributed by atoms with E-state index in [-0.39, 0.29) is 40.3 Å². The van der Waals surface area contributed by atoms with E-state index < -0.39 is 16.0 Å². The van der Waals surface area contributed by atoms with Crippen molar-refractivity contribution in [3.05, 3.63) is 92.5 Å². The van der Waals surface area contributed by atoms with Gasteiger partial charge < -0.3 is 14.2 Å². The maximum absolute atomic E-state index is 12.2. The van der Waals surface area contributed by atoms with Crippen LogP contribution in [-0.4, -0.2) is 21.1 Å². The van der Waals surface area contributed by atoms with Crippen LogP contribution in [0.15, 0.2) is 71.6 Å². The summed E-state index contributed by atoms with van der Waals surface area (Å²) in [6.07, 6.45) is -1.17. The molecule has 12 heteroatoms. The molecule has 0 aliphatic heterocycles. The molecule has 3 aromatic carbocycles. The van der Waals surface area contributed by atoms with E-state index in [1.807, 2.05) is 0 Å². The fourth-order valence-electron chi connectivity index (χ4n) is 2.63. The van der Waals surface area contributed by atoms with Crippen LogP contribution in [0.4, 0.5) is 16.2 Å². The van der Waals surface area contributed by atoms with Gasteiger partial charge in [-0.2, -0.15) is 0 Å². The van der Waals surface area contributed by atoms with E-state index >= 15 is 0 Å². The van der Waals surface area contributed by atoms with Crippen molar-refractivity contribution in [1.29, 1.82) is 0 Å². The molecule has 0 heterocycles. The number of rotatable bonds is 8. The molecule has 0 atom stereocenters. The monoisotopic (exact) mass is 484 g/mol. The number of nitrogens with zero attached hydrogens (tertiary/aromatic N) is 2. The fourth-order valence-corrected chi connectivity index (χ4v) is 3.24. The molecule has 11 nitrogen and oxygen atoms in total. The zero-order chi connectivity index (χ0) is 24.7. The zero-order valence-electron chi connectivity index (χ0n) is 17.5. The highest BCUT2D eigenvalue weighted by molar-refractivity contribution is 8.13. The van der Waals surface area contributed by atoms with Gasteiger partial charge in [0.25, 0.3) is 11.4 Å². The summed E-state index contributed by atoms with van der Waals surface area (Å²) >= 11 is 1.08. The van der Waals surface area contributed by atoms with Crippen LogP contribution in [0.3, 0.4) is 0 Å². The predicted octanol–water partition coefficient (Wildman–Crippen LogP) is 5.30. The van der Waals surface area contributed by atoms with Crippen molar-refractivity contribution >= 4 is 34.4 Å². The molecule has 0 saturated carbocycles. The van der Waals surface area contributed by atoms with Crippen molar-refractivity contribution in [2.24, 2.45) is 0 Å². The van der Waals surface area contributed by atoms with Gasteiger partial charge in [0, 0.05) is 30.0 Å². The van der Waals surface area contributed by atoms with Crippen molar-refractivity contribution in [3.8, 4) is 17.2 Å². The van der Waals surface area contributed by atoms with Crippen molar-refractivity contribution < 1.29 is 33.6 Å². The summed E-state index contributed by atoms with van der Waals surface area (Å²) < 4.78 is 15.8. The van der Waals surface area contributed by atoms with Crippen LogP contribution in [0.25, 0.3) is 0 Å². The van der Waals surface area contributed by atoms with Crippen molar-refractivity contribution in [2.45, 2.75) is 18.4 Å². The number of carbonyl (C=O) groups is 2. The minimum atomic E-state index is -1.17. The summed E-state index contributed by atoms with van der Waals surface area (Å²) in [7, 11) is 0. The lowest BCUT2D eigenvalue weighted by Gasteiger charge is -2.12. The van der Waals surface area contributed by atoms with Crippen molar-refractivity contribution in [3.63, 3.8) is 0 Å². The lowest BCUT2D eigenvalue weighted by atomic mass is 10.2. The molecule has 0 spiro atoms. The minimum absolute atomic E-state index is 0.0000536. The first-order valence-electron chi connectivity index (χ1n) is 9.54. The molecule has 3 aromatic rings. The Balaban J connectivity index is 1.71. The van der Waals surface area contributed by atoms with E-state index in [9.17, 15) is 29.8 Å². The minimum Gasteiger partial charge on any atom is -0.485 e. The molecule has 0 fully saturated rings. The van der Waals surface area contributed by atoms with Gasteiger partial charge in [0.05, 0.1) is 15.9 Å². The Kier molecular flexibility index (Phi) is 7.77. The standard InChI is InChI=1S/C22H16N2O9S/c1-14(25)34-19-9-2-15(3-10-19)13-31-21-12-17(24(29)30)6-11-20(21)33-22(26)32-18-7-4-16(5-8-18)23(27)28/h2-12H,13H2,1H3. The molecule has 0 aromatic heterocycles. The second kappa shape index (κ2) is 10.9. The summed E-state index contributed by atoms with van der Waals surface area (Å²) in [5, 5.41) is 21.8. The third kappa shape index (κ3) is 6.77. The van der Waals surface area contributed by atoms with Crippen LogP contribution < -0.4 is 14.2 Å². The second-order valence-electron chi connectivity index (χ2n) is 6.62. The molecular weight excluding hydrogens is 468 g/mol. The molecule has 0 bridgehead atoms. The van der Waals surface area contributed by atoms with Crippen LogP contribution in [-0.2, 0) is 11.4 Å². The Bertz CT molecular complexity index is 1230. The van der Waals surface area contributed by atoms with E-state index in [1.165, 1.54) is 25.1 Å². The van der Waals surface area contributed by atoms with E-state index in [4.69, 9.17) is 14.2 Å². The third-order valence-corrected chi connectivity index (χ3v) is 4.95. The van der Waals surface area contributed by atoms with Gasteiger partial charge in [-0.25, -0.2) is 4.79 Å². The first-order valence-corrected chi connectivity index (χ1v) is 10.4. The molecule has 0 aliphatic rings. The van der Waals surface area contributed by atoms with Crippen LogP contribution in [0, 0.1) is 20.2 Å².